The second-order valence-electron chi connectivity index (χ2n) is 19.7. The van der Waals surface area contributed by atoms with Crippen molar-refractivity contribution in [2.45, 2.75) is 6.42 Å². The average molecular weight is 1020 g/mol. The lowest BCUT2D eigenvalue weighted by Crippen LogP contribution is -2.03. The van der Waals surface area contributed by atoms with Gasteiger partial charge < -0.3 is 9.13 Å². The van der Waals surface area contributed by atoms with Crippen LogP contribution in [0.1, 0.15) is 11.1 Å². The third-order valence-corrected chi connectivity index (χ3v) is 17.8. The molecule has 0 aliphatic rings. The number of hydrogen-bond acceptors (Lipinski definition) is 6. The Balaban J connectivity index is 0.921. The van der Waals surface area contributed by atoms with Gasteiger partial charge in [0.15, 0.2) is 17.5 Å². The highest BCUT2D eigenvalue weighted by Crippen LogP contribution is 2.48. The Morgan fingerprint density at radius 2 is 0.779 bits per heavy atom. The summed E-state index contributed by atoms with van der Waals surface area (Å²) in [5.41, 5.74) is 14.0. The van der Waals surface area contributed by atoms with E-state index in [4.69, 9.17) is 19.9 Å². The lowest BCUT2D eigenvalue weighted by molar-refractivity contribution is 1.07. The molecule has 0 amide bonds. The molecule has 16 rings (SSSR count). The van der Waals surface area contributed by atoms with Crippen molar-refractivity contribution in [2.24, 2.45) is 0 Å². The topological polar surface area (TPSA) is 61.4 Å². The normalized spacial score (nSPS) is 11.9. The highest BCUT2D eigenvalue weighted by atomic mass is 32.1. The maximum Gasteiger partial charge on any atom is 0.166 e. The van der Waals surface area contributed by atoms with Gasteiger partial charge in [-0.1, -0.05) is 194 Å². The summed E-state index contributed by atoms with van der Waals surface area (Å²) >= 11 is 3.73. The van der Waals surface area contributed by atoms with E-state index in [2.05, 4.69) is 216 Å². The van der Waals surface area contributed by atoms with Crippen LogP contribution in [0.15, 0.2) is 243 Å². The fourth-order valence-electron chi connectivity index (χ4n) is 11.8. The Bertz CT molecular complexity index is 4940. The van der Waals surface area contributed by atoms with Crippen LogP contribution in [0, 0.1) is 0 Å². The largest absolute Gasteiger partial charge is 0.308 e. The van der Waals surface area contributed by atoms with Crippen molar-refractivity contribution >= 4 is 107 Å². The predicted molar refractivity (Wildman–Crippen MR) is 323 cm³/mol. The highest BCUT2D eigenvalue weighted by Gasteiger charge is 2.24. The quantitative estimate of drug-likeness (QED) is 0.152. The first-order chi connectivity index (χ1) is 38.2. The van der Waals surface area contributed by atoms with E-state index in [9.17, 15) is 0 Å². The van der Waals surface area contributed by atoms with E-state index in [1.54, 1.807) is 0 Å². The second-order valence-corrected chi connectivity index (χ2v) is 21.7. The summed E-state index contributed by atoms with van der Waals surface area (Å²) in [5, 5.41) is 9.90. The van der Waals surface area contributed by atoms with Crippen molar-refractivity contribution < 1.29 is 0 Å². The van der Waals surface area contributed by atoms with Gasteiger partial charge in [0.2, 0.25) is 0 Å². The van der Waals surface area contributed by atoms with E-state index >= 15 is 0 Å². The molecule has 0 aliphatic carbocycles. The summed E-state index contributed by atoms with van der Waals surface area (Å²) in [6.07, 6.45) is 2.73. The zero-order valence-electron chi connectivity index (χ0n) is 41.3. The Morgan fingerprint density at radius 1 is 0.338 bits per heavy atom. The fraction of sp³-hybridized carbons (Fsp3) is 0.0145. The molecule has 6 heterocycles. The summed E-state index contributed by atoms with van der Waals surface area (Å²) in [5.74, 6) is 1.79. The van der Waals surface area contributed by atoms with Crippen LogP contribution >= 0.6 is 22.7 Å². The first kappa shape index (κ1) is 43.8. The molecule has 0 bridgehead atoms. The minimum atomic E-state index is 0.572. The molecular weight excluding hydrogens is 977 g/mol. The molecule has 8 heteroatoms. The van der Waals surface area contributed by atoms with Gasteiger partial charge >= 0.3 is 0 Å². The molecule has 360 valence electrons. The van der Waals surface area contributed by atoms with E-state index in [0.29, 0.717) is 23.9 Å². The van der Waals surface area contributed by atoms with Crippen LogP contribution in [0.4, 0.5) is 0 Å². The Labute approximate surface area is 450 Å². The van der Waals surface area contributed by atoms with Crippen LogP contribution in [-0.2, 0) is 6.42 Å². The summed E-state index contributed by atoms with van der Waals surface area (Å²) < 4.78 is 9.84. The van der Waals surface area contributed by atoms with Crippen molar-refractivity contribution in [3.63, 3.8) is 0 Å². The molecule has 0 radical (unpaired) electrons. The van der Waals surface area contributed by atoms with Crippen LogP contribution < -0.4 is 0 Å². The smallest absolute Gasteiger partial charge is 0.166 e. The van der Waals surface area contributed by atoms with Crippen LogP contribution in [0.3, 0.4) is 0 Å². The number of para-hydroxylation sites is 4. The molecule has 10 aromatic carbocycles. The van der Waals surface area contributed by atoms with Crippen molar-refractivity contribution in [1.29, 1.82) is 0 Å². The first-order valence-electron chi connectivity index (χ1n) is 25.9. The number of benzene rings is 10. The molecule has 0 saturated heterocycles. The van der Waals surface area contributed by atoms with Gasteiger partial charge in [0.1, 0.15) is 0 Å². The van der Waals surface area contributed by atoms with E-state index in [1.165, 1.54) is 84.8 Å². The van der Waals surface area contributed by atoms with Crippen molar-refractivity contribution in [1.82, 2.24) is 29.1 Å². The molecule has 0 spiro atoms. The van der Waals surface area contributed by atoms with Gasteiger partial charge in [-0.25, -0.2) is 15.0 Å². The van der Waals surface area contributed by atoms with Gasteiger partial charge in [0, 0.05) is 98.7 Å². The summed E-state index contributed by atoms with van der Waals surface area (Å²) in [6, 6.07) is 84.5. The highest BCUT2D eigenvalue weighted by molar-refractivity contribution is 7.27. The Hall–Kier alpha value is -9.60. The Morgan fingerprint density at radius 3 is 1.35 bits per heavy atom. The SMILES string of the molecule is c1ccc(-c2nc(-c3ccccc3)nc(-c3cc(Cc4cccc5c4sc4c5ccc5c6ccccc6n(-c6ccccc6)c54)cnc3-c3cccc4c3sc3c4ccc4c5ccccc5n(-c5ccccc5)c43)n2)cc1. The molecule has 6 nitrogen and oxygen atoms in total. The van der Waals surface area contributed by atoms with E-state index in [0.717, 1.165) is 49.6 Å². The number of fused-ring (bicyclic) bond motifs is 14. The number of hydrogen-bond donors (Lipinski definition) is 0. The summed E-state index contributed by atoms with van der Waals surface area (Å²) in [6.45, 7) is 0. The van der Waals surface area contributed by atoms with Crippen molar-refractivity contribution in [2.75, 3.05) is 0 Å². The Kier molecular flexibility index (Phi) is 9.95. The maximum absolute atomic E-state index is 5.54. The lowest BCUT2D eigenvalue weighted by atomic mass is 9.98. The van der Waals surface area contributed by atoms with Crippen LogP contribution in [0.5, 0.6) is 0 Å². The number of rotatable bonds is 8. The fourth-order valence-corrected chi connectivity index (χ4v) is 14.5. The van der Waals surface area contributed by atoms with Gasteiger partial charge in [-0.3, -0.25) is 4.98 Å². The van der Waals surface area contributed by atoms with E-state index in [-0.39, 0.29) is 0 Å². The number of nitrogens with zero attached hydrogens (tertiary/aromatic N) is 6. The molecule has 0 fully saturated rings. The standard InChI is InChI=1S/C69H42N6S2/c1-5-19-43(20-6-1)67-71-68(44-21-7-2-8-22-44)73-69(72-67)57-40-42(39-45-23-17-30-52-54-37-35-50-48-28-13-15-33-58(48)74(46-24-9-3-10-25-46)61(50)65(54)76-63(45)52)41-70-60(57)56-32-18-31-53-55-38-36-51-49-29-14-16-34-59(49)75(47-26-11-4-12-27-47)62(51)66(55)77-64(53)56/h1-38,40-41H,39H2. The summed E-state index contributed by atoms with van der Waals surface area (Å²) in [4.78, 5) is 21.4. The van der Waals surface area contributed by atoms with Crippen LogP contribution in [0.25, 0.3) is 141 Å². The van der Waals surface area contributed by atoms with Crippen molar-refractivity contribution in [3.05, 3.63) is 254 Å². The number of pyridine rings is 1. The molecule has 6 aromatic heterocycles. The first-order valence-corrected chi connectivity index (χ1v) is 27.5. The number of aromatic nitrogens is 6. The molecule has 16 aromatic rings. The zero-order chi connectivity index (χ0) is 50.6. The van der Waals surface area contributed by atoms with Crippen LogP contribution in [0.2, 0.25) is 0 Å². The average Bonchev–Trinajstić information content (AvgIpc) is 4.47. The number of thiophene rings is 2. The maximum atomic E-state index is 5.54. The predicted octanol–water partition coefficient (Wildman–Crippen LogP) is 18.5. The van der Waals surface area contributed by atoms with Gasteiger partial charge in [0.05, 0.1) is 37.2 Å². The summed E-state index contributed by atoms with van der Waals surface area (Å²) in [7, 11) is 0. The molecule has 0 atom stereocenters. The lowest BCUT2D eigenvalue weighted by Gasteiger charge is -2.14. The van der Waals surface area contributed by atoms with E-state index < -0.39 is 0 Å². The molecular formula is C69H42N6S2. The molecule has 0 saturated carbocycles. The van der Waals surface area contributed by atoms with Crippen LogP contribution in [-0.4, -0.2) is 29.1 Å². The van der Waals surface area contributed by atoms with Gasteiger partial charge in [-0.2, -0.15) is 0 Å². The van der Waals surface area contributed by atoms with Gasteiger partial charge in [0.25, 0.3) is 0 Å². The molecule has 0 unspecified atom stereocenters. The van der Waals surface area contributed by atoms with Gasteiger partial charge in [-0.15, -0.1) is 22.7 Å². The molecule has 77 heavy (non-hydrogen) atoms. The molecule has 0 aliphatic heterocycles. The second kappa shape index (κ2) is 17.5. The van der Waals surface area contributed by atoms with E-state index in [1.807, 2.05) is 59.1 Å². The zero-order valence-corrected chi connectivity index (χ0v) is 42.9. The monoisotopic (exact) mass is 1020 g/mol. The van der Waals surface area contributed by atoms with Gasteiger partial charge in [-0.05, 0) is 53.6 Å². The molecule has 0 N–H and O–H groups in total. The van der Waals surface area contributed by atoms with Crippen molar-refractivity contribution in [3.8, 4) is 56.8 Å². The third-order valence-electron chi connectivity index (χ3n) is 15.2. The third kappa shape index (κ3) is 6.93. The minimum Gasteiger partial charge on any atom is -0.308 e. The minimum absolute atomic E-state index is 0.572.